The lowest BCUT2D eigenvalue weighted by molar-refractivity contribution is -0.131. The smallest absolute Gasteiger partial charge is 0.240 e. The summed E-state index contributed by atoms with van der Waals surface area (Å²) in [5.41, 5.74) is 0.317. The molecule has 1 aromatic carbocycles. The summed E-state index contributed by atoms with van der Waals surface area (Å²) in [5.74, 6) is -0.683. The zero-order valence-electron chi connectivity index (χ0n) is 15.3. The minimum Gasteiger partial charge on any atom is -0.350 e. The zero-order chi connectivity index (χ0) is 19.8. The van der Waals surface area contributed by atoms with E-state index in [1.165, 1.54) is 12.1 Å². The first-order chi connectivity index (χ1) is 12.7. The number of carbonyl (C=O) groups excluding carboxylic acids is 1. The molecule has 2 heterocycles. The van der Waals surface area contributed by atoms with Crippen LogP contribution in [0.25, 0.3) is 11.4 Å². The van der Waals surface area contributed by atoms with Crippen LogP contribution in [0.3, 0.4) is 0 Å². The molecule has 1 unspecified atom stereocenters. The van der Waals surface area contributed by atoms with Crippen molar-refractivity contribution in [2.75, 3.05) is 6.54 Å². The van der Waals surface area contributed by atoms with Crippen LogP contribution >= 0.6 is 11.6 Å². The molecule has 0 radical (unpaired) electrons. The van der Waals surface area contributed by atoms with E-state index in [0.29, 0.717) is 29.4 Å². The van der Waals surface area contributed by atoms with E-state index in [1.807, 2.05) is 20.8 Å². The van der Waals surface area contributed by atoms with Crippen LogP contribution < -0.4 is 5.32 Å². The highest BCUT2D eigenvalue weighted by molar-refractivity contribution is 6.31. The third-order valence-corrected chi connectivity index (χ3v) is 4.68. The van der Waals surface area contributed by atoms with Crippen LogP contribution in [0.15, 0.2) is 12.1 Å². The third kappa shape index (κ3) is 4.08. The van der Waals surface area contributed by atoms with Crippen molar-refractivity contribution < 1.29 is 13.7 Å². The molecule has 10 heteroatoms. The van der Waals surface area contributed by atoms with Crippen LogP contribution in [0.5, 0.6) is 0 Å². The summed E-state index contributed by atoms with van der Waals surface area (Å²) in [5, 5.41) is 14.7. The average molecular weight is 399 g/mol. The number of hydrogen-bond donors (Lipinski definition) is 1. The second kappa shape index (κ2) is 7.47. The van der Waals surface area contributed by atoms with Crippen molar-refractivity contribution in [1.82, 2.24) is 30.6 Å². The summed E-state index contributed by atoms with van der Waals surface area (Å²) in [7, 11) is 0. The van der Waals surface area contributed by atoms with Crippen molar-refractivity contribution in [1.29, 1.82) is 0 Å². The molecular weight excluding hydrogens is 378 g/mol. The van der Waals surface area contributed by atoms with Crippen LogP contribution in [-0.2, 0) is 16.9 Å². The van der Waals surface area contributed by atoms with E-state index in [4.69, 9.17) is 11.6 Å². The normalized spacial score (nSPS) is 18.1. The molecule has 27 heavy (non-hydrogen) atoms. The Morgan fingerprint density at radius 1 is 1.41 bits per heavy atom. The van der Waals surface area contributed by atoms with Gasteiger partial charge in [0.25, 0.3) is 0 Å². The Kier molecular flexibility index (Phi) is 5.43. The maximum absolute atomic E-state index is 14.4. The fraction of sp³-hybridized carbons (Fsp3) is 0.529. The van der Waals surface area contributed by atoms with E-state index < -0.39 is 17.8 Å². The molecule has 1 N–H and O–H groups in total. The number of carbonyl (C=O) groups is 1. The van der Waals surface area contributed by atoms with Gasteiger partial charge in [-0.2, -0.15) is 0 Å². The highest BCUT2D eigenvalue weighted by Crippen LogP contribution is 2.29. The Balaban J connectivity index is 1.85. The molecule has 0 bridgehead atoms. The van der Waals surface area contributed by atoms with Crippen molar-refractivity contribution in [3.05, 3.63) is 28.5 Å². The monoisotopic (exact) mass is 398 g/mol. The second-order valence-electron chi connectivity index (χ2n) is 7.52. The van der Waals surface area contributed by atoms with Gasteiger partial charge in [0, 0.05) is 24.2 Å². The maximum atomic E-state index is 14.4. The number of hydrogen-bond acceptors (Lipinski definition) is 5. The number of amides is 1. The van der Waals surface area contributed by atoms with Crippen LogP contribution in [-0.4, -0.2) is 43.8 Å². The molecule has 3 rings (SSSR count). The number of benzene rings is 1. The molecule has 0 spiro atoms. The summed E-state index contributed by atoms with van der Waals surface area (Å²) in [4.78, 5) is 12.1. The molecule has 0 saturated carbocycles. The molecule has 1 saturated heterocycles. The predicted molar refractivity (Wildman–Crippen MR) is 95.9 cm³/mol. The Hall–Kier alpha value is -2.13. The van der Waals surface area contributed by atoms with E-state index in [1.54, 1.807) is 4.68 Å². The quantitative estimate of drug-likeness (QED) is 0.801. The standard InChI is InChI=1S/C17H21ClF2N6O/c1-17(2,3)26-15(22-23-24-26)10-7-11(14(19)12(18)8-10)9-21-16(27)13-5-4-6-25(13)20/h7-8,13H,4-6,9H2,1-3H3,(H,21,27). The molecule has 2 aromatic rings. The van der Waals surface area contributed by atoms with E-state index in [2.05, 4.69) is 20.8 Å². The van der Waals surface area contributed by atoms with E-state index in [-0.39, 0.29) is 29.2 Å². The molecule has 1 aliphatic rings. The zero-order valence-corrected chi connectivity index (χ0v) is 16.1. The molecule has 1 amide bonds. The lowest BCUT2D eigenvalue weighted by Gasteiger charge is -2.20. The Morgan fingerprint density at radius 3 is 2.78 bits per heavy atom. The minimum absolute atomic E-state index is 0.104. The van der Waals surface area contributed by atoms with Crippen molar-refractivity contribution >= 4 is 17.5 Å². The molecule has 146 valence electrons. The molecule has 1 aliphatic heterocycles. The summed E-state index contributed by atoms with van der Waals surface area (Å²) in [6.07, 6.45) is 1.05. The molecule has 1 aromatic heterocycles. The van der Waals surface area contributed by atoms with Crippen LogP contribution in [0.2, 0.25) is 5.02 Å². The van der Waals surface area contributed by atoms with Gasteiger partial charge in [0.2, 0.25) is 5.91 Å². The first-order valence-electron chi connectivity index (χ1n) is 8.66. The molecule has 0 aliphatic carbocycles. The molecule has 1 fully saturated rings. The van der Waals surface area contributed by atoms with E-state index in [0.717, 1.165) is 0 Å². The largest absolute Gasteiger partial charge is 0.350 e. The fourth-order valence-corrected chi connectivity index (χ4v) is 3.25. The highest BCUT2D eigenvalue weighted by atomic mass is 35.5. The summed E-state index contributed by atoms with van der Waals surface area (Å²) >= 11 is 6.03. The Morgan fingerprint density at radius 2 is 2.15 bits per heavy atom. The third-order valence-electron chi connectivity index (χ3n) is 4.41. The van der Waals surface area contributed by atoms with Gasteiger partial charge in [-0.15, -0.1) is 14.7 Å². The van der Waals surface area contributed by atoms with Crippen molar-refractivity contribution in [3.63, 3.8) is 0 Å². The van der Waals surface area contributed by atoms with Gasteiger partial charge in [-0.3, -0.25) is 4.79 Å². The predicted octanol–water partition coefficient (Wildman–Crippen LogP) is 2.85. The van der Waals surface area contributed by atoms with Crippen molar-refractivity contribution in [3.8, 4) is 11.4 Å². The Labute approximate surface area is 160 Å². The number of aromatic nitrogens is 4. The molecular formula is C17H21ClF2N6O. The van der Waals surface area contributed by atoms with Gasteiger partial charge >= 0.3 is 0 Å². The van der Waals surface area contributed by atoms with Gasteiger partial charge in [-0.25, -0.2) is 9.07 Å². The summed E-state index contributed by atoms with van der Waals surface area (Å²) in [6, 6.07) is 2.15. The van der Waals surface area contributed by atoms with Crippen LogP contribution in [0.4, 0.5) is 8.87 Å². The second-order valence-corrected chi connectivity index (χ2v) is 7.92. The fourth-order valence-electron chi connectivity index (χ4n) is 3.01. The summed E-state index contributed by atoms with van der Waals surface area (Å²) in [6.45, 7) is 5.92. The first-order valence-corrected chi connectivity index (χ1v) is 9.03. The van der Waals surface area contributed by atoms with Crippen molar-refractivity contribution in [2.45, 2.75) is 51.7 Å². The minimum atomic E-state index is -0.833. The maximum Gasteiger partial charge on any atom is 0.240 e. The van der Waals surface area contributed by atoms with Crippen LogP contribution in [0.1, 0.15) is 39.2 Å². The van der Waals surface area contributed by atoms with Gasteiger partial charge < -0.3 is 5.32 Å². The number of halogens is 3. The number of rotatable bonds is 4. The highest BCUT2D eigenvalue weighted by Gasteiger charge is 2.31. The number of nitrogens with one attached hydrogen (secondary N) is 1. The SMILES string of the molecule is CC(C)(C)n1nnnc1-c1cc(Cl)c(F)c(CNC(=O)C2CCCN2F)c1. The van der Waals surface area contributed by atoms with Gasteiger partial charge in [0.15, 0.2) is 5.82 Å². The van der Waals surface area contributed by atoms with Gasteiger partial charge in [-0.05, 0) is 56.2 Å². The summed E-state index contributed by atoms with van der Waals surface area (Å²) < 4.78 is 29.6. The van der Waals surface area contributed by atoms with E-state index >= 15 is 0 Å². The lowest BCUT2D eigenvalue weighted by atomic mass is 10.1. The number of nitrogens with zero attached hydrogens (tertiary/aromatic N) is 5. The van der Waals surface area contributed by atoms with Crippen LogP contribution in [0, 0.1) is 5.82 Å². The topological polar surface area (TPSA) is 75.9 Å². The molecule has 7 nitrogen and oxygen atoms in total. The average Bonchev–Trinajstić information content (AvgIpc) is 3.24. The lowest BCUT2D eigenvalue weighted by Crippen LogP contribution is -2.39. The van der Waals surface area contributed by atoms with E-state index in [9.17, 15) is 13.7 Å². The van der Waals surface area contributed by atoms with Gasteiger partial charge in [0.05, 0.1) is 10.6 Å². The molecule has 1 atom stereocenters. The van der Waals surface area contributed by atoms with Crippen molar-refractivity contribution in [2.24, 2.45) is 0 Å². The number of tetrazole rings is 1. The first kappa shape index (κ1) is 19.6. The Bertz CT molecular complexity index is 850. The van der Waals surface area contributed by atoms with Gasteiger partial charge in [0.1, 0.15) is 11.9 Å². The van der Waals surface area contributed by atoms with Gasteiger partial charge in [-0.1, -0.05) is 11.6 Å².